The van der Waals surface area contributed by atoms with Crippen LogP contribution in [0.25, 0.3) is 10.9 Å². The second kappa shape index (κ2) is 34.0. The maximum absolute atomic E-state index is 14.4. The molecule has 3 rings (SSSR count). The number of fused-ring (bicyclic) bond motifs is 1. The lowest BCUT2D eigenvalue weighted by Crippen LogP contribution is -2.61. The molecule has 460 valence electrons. The Bertz CT molecular complexity index is 2840. The van der Waals surface area contributed by atoms with E-state index in [9.17, 15) is 67.7 Å². The number of aliphatic hydroxyl groups excluding tert-OH is 1. The minimum absolute atomic E-state index is 0.0444. The number of likely N-dealkylation sites (N-methyl/N-ethyl adjacent to an activating group) is 3. The van der Waals surface area contributed by atoms with Crippen LogP contribution in [0, 0.1) is 11.3 Å². The summed E-state index contributed by atoms with van der Waals surface area (Å²) in [6, 6.07) is 4.40. The number of hydrogen-bond donors (Lipinski definition) is 15. The Morgan fingerprint density at radius 2 is 1.24 bits per heavy atom. The zero-order valence-corrected chi connectivity index (χ0v) is 48.9. The highest BCUT2D eigenvalue weighted by Crippen LogP contribution is 2.21. The number of carbonyl (C=O) groups is 12. The van der Waals surface area contributed by atoms with Gasteiger partial charge in [-0.2, -0.15) is 12.6 Å². The molecule has 0 spiro atoms. The number of primary amides is 1. The summed E-state index contributed by atoms with van der Waals surface area (Å²) in [5.41, 5.74) is 12.7. The fourth-order valence-corrected chi connectivity index (χ4v) is 8.80. The Balaban J connectivity index is 1.77. The van der Waals surface area contributed by atoms with Crippen LogP contribution < -0.4 is 54.0 Å². The molecular formula is C54H79N15O14S. The second-order valence-corrected chi connectivity index (χ2v) is 20.5. The number of aliphatic hydroxyl groups is 1. The predicted molar refractivity (Wildman–Crippen MR) is 310 cm³/mol. The van der Waals surface area contributed by atoms with E-state index in [2.05, 4.69) is 60.1 Å². The molecule has 1 heterocycles. The van der Waals surface area contributed by atoms with Crippen LogP contribution in [0.2, 0.25) is 0 Å². The summed E-state index contributed by atoms with van der Waals surface area (Å²) in [4.78, 5) is 166. The molecule has 8 atom stereocenters. The zero-order chi connectivity index (χ0) is 63.0. The Morgan fingerprint density at radius 1 is 0.643 bits per heavy atom. The van der Waals surface area contributed by atoms with Crippen molar-refractivity contribution in [3.8, 4) is 0 Å². The van der Waals surface area contributed by atoms with Crippen LogP contribution in [0.1, 0.15) is 64.5 Å². The van der Waals surface area contributed by atoms with Crippen molar-refractivity contribution < 1.29 is 67.7 Å². The number of amides is 11. The van der Waals surface area contributed by atoms with Gasteiger partial charge in [0.05, 0.1) is 26.1 Å². The lowest BCUT2D eigenvalue weighted by atomic mass is 10.0. The number of carbonyl (C=O) groups excluding carboxylic acids is 11. The second-order valence-electron chi connectivity index (χ2n) is 20.1. The van der Waals surface area contributed by atoms with Gasteiger partial charge in [0.25, 0.3) is 0 Å². The van der Waals surface area contributed by atoms with Crippen molar-refractivity contribution >= 4 is 100 Å². The van der Waals surface area contributed by atoms with Crippen LogP contribution in [0.5, 0.6) is 0 Å². The number of nitrogens with two attached hydrogens (primary N) is 2. The molecule has 84 heavy (non-hydrogen) atoms. The molecule has 0 unspecified atom stereocenters. The van der Waals surface area contributed by atoms with Gasteiger partial charge in [-0.15, -0.1) is 0 Å². The fraction of sp³-hybridized carbons (Fsp3) is 0.500. The number of nitrogens with zero attached hydrogens (tertiary/aromatic N) is 3. The lowest BCUT2D eigenvalue weighted by Gasteiger charge is -2.33. The molecule has 0 aliphatic heterocycles. The molecule has 0 radical (unpaired) electrons. The number of carboxylic acid groups (broad SMARTS) is 1. The van der Waals surface area contributed by atoms with Crippen LogP contribution in [-0.4, -0.2) is 208 Å². The largest absolute Gasteiger partial charge is 0.481 e. The van der Waals surface area contributed by atoms with Crippen molar-refractivity contribution in [2.75, 3.05) is 53.1 Å². The molecule has 0 saturated heterocycles. The summed E-state index contributed by atoms with van der Waals surface area (Å²) in [5.74, 6) is -12.2. The van der Waals surface area contributed by atoms with Crippen molar-refractivity contribution in [1.29, 1.82) is 5.41 Å². The van der Waals surface area contributed by atoms with E-state index in [0.717, 1.165) is 32.7 Å². The topological polar surface area (TPSA) is 443 Å². The maximum atomic E-state index is 14.4. The highest BCUT2D eigenvalue weighted by molar-refractivity contribution is 7.80. The first kappa shape index (κ1) is 69.5. The van der Waals surface area contributed by atoms with Gasteiger partial charge in [-0.1, -0.05) is 69.3 Å². The van der Waals surface area contributed by atoms with Crippen molar-refractivity contribution in [3.05, 3.63) is 71.9 Å². The molecule has 30 heteroatoms. The Kier molecular flexibility index (Phi) is 28.1. The van der Waals surface area contributed by atoms with E-state index in [1.165, 1.54) is 34.9 Å². The number of benzene rings is 2. The molecule has 0 fully saturated rings. The minimum atomic E-state index is -1.82. The van der Waals surface area contributed by atoms with Gasteiger partial charge in [0.15, 0.2) is 5.96 Å². The van der Waals surface area contributed by atoms with E-state index in [1.807, 2.05) is 24.3 Å². The minimum Gasteiger partial charge on any atom is -0.481 e. The third-order valence-corrected chi connectivity index (χ3v) is 13.9. The van der Waals surface area contributed by atoms with Gasteiger partial charge in [0.2, 0.25) is 65.0 Å². The Hall–Kier alpha value is -8.80. The first-order valence-electron chi connectivity index (χ1n) is 26.9. The van der Waals surface area contributed by atoms with E-state index in [1.54, 1.807) is 43.5 Å². The lowest BCUT2D eigenvalue weighted by molar-refractivity contribution is -0.146. The number of nitrogens with one attached hydrogen (secondary N) is 10. The smallest absolute Gasteiger partial charge is 0.305 e. The monoisotopic (exact) mass is 1190 g/mol. The number of aromatic nitrogens is 1. The molecule has 0 aliphatic carbocycles. The average molecular weight is 1190 g/mol. The van der Waals surface area contributed by atoms with E-state index in [-0.39, 0.29) is 50.4 Å². The summed E-state index contributed by atoms with van der Waals surface area (Å²) < 4.78 is 0. The first-order chi connectivity index (χ1) is 39.6. The van der Waals surface area contributed by atoms with Crippen molar-refractivity contribution in [2.45, 2.75) is 115 Å². The zero-order valence-electron chi connectivity index (χ0n) is 48.0. The maximum Gasteiger partial charge on any atom is 0.305 e. The Labute approximate surface area is 491 Å². The van der Waals surface area contributed by atoms with E-state index in [0.29, 0.717) is 11.1 Å². The predicted octanol–water partition coefficient (Wildman–Crippen LogP) is -3.68. The summed E-state index contributed by atoms with van der Waals surface area (Å²) in [6.45, 7) is 3.68. The Morgan fingerprint density at radius 3 is 1.83 bits per heavy atom. The summed E-state index contributed by atoms with van der Waals surface area (Å²) >= 11 is 4.16. The molecule has 0 aliphatic rings. The molecule has 29 nitrogen and oxygen atoms in total. The summed E-state index contributed by atoms with van der Waals surface area (Å²) in [7, 11) is 3.72. The van der Waals surface area contributed by atoms with Crippen molar-refractivity contribution in [3.63, 3.8) is 0 Å². The molecular weight excluding hydrogens is 1110 g/mol. The first-order valence-corrected chi connectivity index (χ1v) is 27.5. The van der Waals surface area contributed by atoms with E-state index < -0.39 is 151 Å². The van der Waals surface area contributed by atoms with E-state index in [4.69, 9.17) is 16.9 Å². The third kappa shape index (κ3) is 21.2. The highest BCUT2D eigenvalue weighted by Gasteiger charge is 2.38. The number of rotatable bonds is 34. The number of para-hydroxylation sites is 1. The van der Waals surface area contributed by atoms with Gasteiger partial charge in [-0.3, -0.25) is 62.9 Å². The van der Waals surface area contributed by atoms with Gasteiger partial charge < -0.3 is 83.9 Å². The van der Waals surface area contributed by atoms with Crippen LogP contribution in [0.15, 0.2) is 60.8 Å². The van der Waals surface area contributed by atoms with Crippen LogP contribution >= 0.6 is 12.6 Å². The molecule has 3 aromatic rings. The molecule has 0 bridgehead atoms. The van der Waals surface area contributed by atoms with Gasteiger partial charge >= 0.3 is 5.97 Å². The summed E-state index contributed by atoms with van der Waals surface area (Å²) in [6.07, 6.45) is 0.784. The number of aliphatic carboxylic acids is 1. The number of hydrogen-bond acceptors (Lipinski definition) is 15. The van der Waals surface area contributed by atoms with Gasteiger partial charge in [0, 0.05) is 69.8 Å². The number of thiol groups is 1. The fourth-order valence-electron chi connectivity index (χ4n) is 8.55. The van der Waals surface area contributed by atoms with Crippen LogP contribution in [0.3, 0.4) is 0 Å². The third-order valence-electron chi connectivity index (χ3n) is 13.6. The standard InChI is InChI=1S/C54H79N15O14S/c1-8-42(72)63-37(22-32-24-59-34-18-13-12-17-33(32)34)52(82)67(5)30(4)46(76)64-36(23-44(74)75)48(78)66-45(29(2)3)53(83)69(7)40(27-70)49(79)61-26-43(73)62-35(19-14-20-58-54(56)57)51(81)68(6)39(21-31-15-10-9-11-16-31)50(80)65-38(28-84)47(77)60-25-41(55)71/h9-13,15-18,24,29-30,35-40,45,59,70,84H,8,14,19-23,25-28H2,1-7H3,(H2,55,71)(H,60,77)(H,61,79)(H,62,73)(H,63,72)(H,64,76)(H,65,80)(H,66,78)(H,74,75)(H4,56,57,58)/t30-,35-,36-,37+,38-,39-,40-,45-/m0/s1. The van der Waals surface area contributed by atoms with Crippen molar-refractivity contribution in [2.24, 2.45) is 17.4 Å². The molecule has 16 N–H and O–H groups in total. The van der Waals surface area contributed by atoms with E-state index >= 15 is 0 Å². The van der Waals surface area contributed by atoms with Gasteiger partial charge in [0.1, 0.15) is 48.3 Å². The average Bonchev–Trinajstić information content (AvgIpc) is 3.85. The summed E-state index contributed by atoms with van der Waals surface area (Å²) in [5, 5.41) is 48.3. The van der Waals surface area contributed by atoms with Crippen LogP contribution in [-0.2, 0) is 70.4 Å². The molecule has 11 amide bonds. The van der Waals surface area contributed by atoms with Crippen LogP contribution in [0.4, 0.5) is 0 Å². The number of H-pyrrole nitrogens is 1. The number of aromatic amines is 1. The highest BCUT2D eigenvalue weighted by atomic mass is 32.1. The van der Waals surface area contributed by atoms with Gasteiger partial charge in [-0.05, 0) is 42.9 Å². The molecule has 2 aromatic carbocycles. The molecule has 0 saturated carbocycles. The normalized spacial score (nSPS) is 13.8. The van der Waals surface area contributed by atoms with Crippen molar-refractivity contribution in [1.82, 2.24) is 62.2 Å². The number of guanidine groups is 1. The number of carboxylic acids is 1. The quantitative estimate of drug-likeness (QED) is 0.0119. The SMILES string of the molecule is CCC(=O)N[C@H](Cc1c[nH]c2ccccc12)C(=O)N(C)[C@@H](C)C(=O)N[C@@H](CC(=O)O)C(=O)N[C@H](C(=O)N(C)[C@@H](CO)C(=O)NCC(=O)N[C@@H](CCCNC(=N)N)C(=O)N(C)[C@@H](Cc1ccccc1)C(=O)N[C@@H](CS)C(=O)NCC(N)=O)C(C)C. The van der Waals surface area contributed by atoms with Gasteiger partial charge in [-0.25, -0.2) is 0 Å². The molecule has 1 aromatic heterocycles.